The summed E-state index contributed by atoms with van der Waals surface area (Å²) in [6, 6.07) is 7.09. The van der Waals surface area contributed by atoms with Gasteiger partial charge in [0.2, 0.25) is 0 Å². The van der Waals surface area contributed by atoms with Gasteiger partial charge in [-0.3, -0.25) is 4.79 Å². The Morgan fingerprint density at radius 1 is 1.40 bits per heavy atom. The minimum atomic E-state index is -0.134. The second-order valence-electron chi connectivity index (χ2n) is 3.08. The molecule has 0 aliphatic carbocycles. The van der Waals surface area contributed by atoms with Gasteiger partial charge in [0.05, 0.1) is 0 Å². The number of ether oxygens (including phenoxy) is 1. The average Bonchev–Trinajstić information content (AvgIpc) is 2.18. The van der Waals surface area contributed by atoms with Gasteiger partial charge in [0, 0.05) is 5.56 Å². The van der Waals surface area contributed by atoms with Crippen molar-refractivity contribution in [3.8, 4) is 5.75 Å². The van der Waals surface area contributed by atoms with Crippen LogP contribution in [-0.4, -0.2) is 10.8 Å². The zero-order valence-corrected chi connectivity index (χ0v) is 10.3. The summed E-state index contributed by atoms with van der Waals surface area (Å²) in [5, 5.41) is -0.134. The lowest BCUT2D eigenvalue weighted by atomic mass is 10.1. The van der Waals surface area contributed by atoms with Gasteiger partial charge in [-0.25, -0.2) is 0 Å². The van der Waals surface area contributed by atoms with E-state index < -0.39 is 0 Å². The van der Waals surface area contributed by atoms with E-state index in [4.69, 9.17) is 4.74 Å². The molecule has 0 heterocycles. The fourth-order valence-electron chi connectivity index (χ4n) is 1.09. The molecule has 1 unspecified atom stereocenters. The highest BCUT2D eigenvalue weighted by Gasteiger charge is 2.02. The fourth-order valence-corrected chi connectivity index (χ4v) is 1.61. The Labute approximate surface area is 98.1 Å². The normalized spacial score (nSPS) is 12.7. The number of hydrogen-bond donors (Lipinski definition) is 0. The maximum Gasteiger partial charge on any atom is 0.171 e. The predicted octanol–water partition coefficient (Wildman–Crippen LogP) is 3.57. The van der Waals surface area contributed by atoms with Crippen molar-refractivity contribution >= 4 is 21.7 Å². The zero-order valence-electron chi connectivity index (χ0n) is 8.74. The van der Waals surface area contributed by atoms with Gasteiger partial charge in [0.25, 0.3) is 0 Å². The molecule has 1 aromatic carbocycles. The summed E-state index contributed by atoms with van der Waals surface area (Å²) in [5.41, 5.74) is 0.694. The standard InChI is InChI=1S/C12H13BrO2/c1-3-4-12(13)15-11-7-5-10(6-8-11)9(2)14/h3-8,12H,1-2H3. The average molecular weight is 269 g/mol. The molecule has 0 radical (unpaired) electrons. The molecule has 0 spiro atoms. The number of Topliss-reactive ketones (excluding diaryl/α,β-unsaturated/α-hetero) is 1. The van der Waals surface area contributed by atoms with Crippen LogP contribution in [0.3, 0.4) is 0 Å². The predicted molar refractivity (Wildman–Crippen MR) is 64.6 cm³/mol. The molecule has 0 aromatic heterocycles. The highest BCUT2D eigenvalue weighted by Crippen LogP contribution is 2.16. The first-order chi connectivity index (χ1) is 7.13. The Balaban J connectivity index is 2.68. The van der Waals surface area contributed by atoms with Crippen molar-refractivity contribution in [2.75, 3.05) is 0 Å². The van der Waals surface area contributed by atoms with Crippen LogP contribution in [0.5, 0.6) is 5.75 Å². The van der Waals surface area contributed by atoms with Crippen LogP contribution in [0.2, 0.25) is 0 Å². The smallest absolute Gasteiger partial charge is 0.171 e. The van der Waals surface area contributed by atoms with Crippen molar-refractivity contribution in [3.05, 3.63) is 42.0 Å². The molecular weight excluding hydrogens is 256 g/mol. The third-order valence-corrected chi connectivity index (χ3v) is 2.35. The van der Waals surface area contributed by atoms with Gasteiger partial charge in [-0.1, -0.05) is 6.08 Å². The van der Waals surface area contributed by atoms with Crippen LogP contribution >= 0.6 is 15.9 Å². The van der Waals surface area contributed by atoms with E-state index in [2.05, 4.69) is 15.9 Å². The molecule has 0 N–H and O–H groups in total. The summed E-state index contributed by atoms with van der Waals surface area (Å²) in [7, 11) is 0. The van der Waals surface area contributed by atoms with Crippen LogP contribution in [0.15, 0.2) is 36.4 Å². The SMILES string of the molecule is CC=CC(Br)Oc1ccc(C(C)=O)cc1. The molecular formula is C12H13BrO2. The lowest BCUT2D eigenvalue weighted by Crippen LogP contribution is -2.03. The minimum Gasteiger partial charge on any atom is -0.475 e. The van der Waals surface area contributed by atoms with E-state index in [9.17, 15) is 4.79 Å². The van der Waals surface area contributed by atoms with Crippen LogP contribution in [0, 0.1) is 0 Å². The quantitative estimate of drug-likeness (QED) is 0.474. The summed E-state index contributed by atoms with van der Waals surface area (Å²) in [5.74, 6) is 0.797. The zero-order chi connectivity index (χ0) is 11.3. The van der Waals surface area contributed by atoms with Crippen LogP contribution in [0.1, 0.15) is 24.2 Å². The second-order valence-corrected chi connectivity index (χ2v) is 3.98. The van der Waals surface area contributed by atoms with Crippen molar-refractivity contribution < 1.29 is 9.53 Å². The number of halogens is 1. The molecule has 0 saturated carbocycles. The van der Waals surface area contributed by atoms with E-state index in [1.807, 2.05) is 19.1 Å². The number of benzene rings is 1. The molecule has 80 valence electrons. The fraction of sp³-hybridized carbons (Fsp3) is 0.250. The van der Waals surface area contributed by atoms with Gasteiger partial charge in [-0.15, -0.1) is 0 Å². The van der Waals surface area contributed by atoms with Crippen molar-refractivity contribution in [3.63, 3.8) is 0 Å². The maximum atomic E-state index is 11.0. The second kappa shape index (κ2) is 5.71. The van der Waals surface area contributed by atoms with E-state index in [-0.39, 0.29) is 10.8 Å². The number of carbonyl (C=O) groups is 1. The number of rotatable bonds is 4. The number of hydrogen-bond acceptors (Lipinski definition) is 2. The van der Waals surface area contributed by atoms with E-state index in [0.717, 1.165) is 5.75 Å². The van der Waals surface area contributed by atoms with Crippen molar-refractivity contribution in [2.45, 2.75) is 18.9 Å². The summed E-state index contributed by atoms with van der Waals surface area (Å²) in [4.78, 5) is 11.0. The topological polar surface area (TPSA) is 26.3 Å². The lowest BCUT2D eigenvalue weighted by molar-refractivity contribution is 0.101. The highest BCUT2D eigenvalue weighted by atomic mass is 79.9. The molecule has 0 bridgehead atoms. The summed E-state index contributed by atoms with van der Waals surface area (Å²) >= 11 is 3.35. The maximum absolute atomic E-state index is 11.0. The van der Waals surface area contributed by atoms with Crippen LogP contribution in [-0.2, 0) is 0 Å². The molecule has 1 rings (SSSR count). The van der Waals surface area contributed by atoms with Gasteiger partial charge in [-0.2, -0.15) is 0 Å². The Morgan fingerprint density at radius 2 is 2.00 bits per heavy atom. The molecule has 0 aliphatic rings. The number of carbonyl (C=O) groups excluding carboxylic acids is 1. The molecule has 0 aliphatic heterocycles. The summed E-state index contributed by atoms with van der Waals surface area (Å²) in [6.07, 6.45) is 3.79. The van der Waals surface area contributed by atoms with Crippen molar-refractivity contribution in [2.24, 2.45) is 0 Å². The van der Waals surface area contributed by atoms with Crippen LogP contribution in [0.4, 0.5) is 0 Å². The van der Waals surface area contributed by atoms with E-state index in [1.54, 1.807) is 31.2 Å². The van der Waals surface area contributed by atoms with Crippen molar-refractivity contribution in [1.82, 2.24) is 0 Å². The number of ketones is 1. The molecule has 1 atom stereocenters. The van der Waals surface area contributed by atoms with Crippen molar-refractivity contribution in [1.29, 1.82) is 0 Å². The molecule has 2 nitrogen and oxygen atoms in total. The molecule has 0 fully saturated rings. The summed E-state index contributed by atoms with van der Waals surface area (Å²) < 4.78 is 5.51. The molecule has 15 heavy (non-hydrogen) atoms. The molecule has 1 aromatic rings. The van der Waals surface area contributed by atoms with Gasteiger partial charge in [0.1, 0.15) is 5.75 Å². The monoisotopic (exact) mass is 268 g/mol. The third-order valence-electron chi connectivity index (χ3n) is 1.85. The Morgan fingerprint density at radius 3 is 2.47 bits per heavy atom. The van der Waals surface area contributed by atoms with E-state index in [0.29, 0.717) is 5.56 Å². The summed E-state index contributed by atoms with van der Waals surface area (Å²) in [6.45, 7) is 3.47. The van der Waals surface area contributed by atoms with Crippen LogP contribution < -0.4 is 4.74 Å². The Hall–Kier alpha value is -1.09. The van der Waals surface area contributed by atoms with Gasteiger partial charge >= 0.3 is 0 Å². The first-order valence-electron chi connectivity index (χ1n) is 4.68. The molecule has 3 heteroatoms. The molecule has 0 amide bonds. The number of allylic oxidation sites excluding steroid dienone is 1. The van der Waals surface area contributed by atoms with E-state index in [1.165, 1.54) is 0 Å². The lowest BCUT2D eigenvalue weighted by Gasteiger charge is -2.09. The Kier molecular flexibility index (Phi) is 4.56. The minimum absolute atomic E-state index is 0.0606. The van der Waals surface area contributed by atoms with Gasteiger partial charge < -0.3 is 4.74 Å². The third kappa shape index (κ3) is 3.88. The first kappa shape index (κ1) is 12.0. The number of alkyl halides is 1. The van der Waals surface area contributed by atoms with Gasteiger partial charge in [-0.05, 0) is 60.1 Å². The van der Waals surface area contributed by atoms with Crippen LogP contribution in [0.25, 0.3) is 0 Å². The molecule has 0 saturated heterocycles. The largest absolute Gasteiger partial charge is 0.475 e. The van der Waals surface area contributed by atoms with Gasteiger partial charge in [0.15, 0.2) is 10.8 Å². The Bertz CT molecular complexity index is 354. The highest BCUT2D eigenvalue weighted by molar-refractivity contribution is 9.09. The first-order valence-corrected chi connectivity index (χ1v) is 5.59. The van der Waals surface area contributed by atoms with E-state index >= 15 is 0 Å².